The first-order valence-corrected chi connectivity index (χ1v) is 6.54. The van der Waals surface area contributed by atoms with Crippen LogP contribution in [0, 0.1) is 10.1 Å². The van der Waals surface area contributed by atoms with Crippen LogP contribution >= 0.6 is 0 Å². The number of rotatable bonds is 6. The average molecular weight is 275 g/mol. The van der Waals surface area contributed by atoms with Gasteiger partial charge >= 0.3 is 0 Å². The van der Waals surface area contributed by atoms with E-state index in [2.05, 4.69) is 5.10 Å². The van der Waals surface area contributed by atoms with Crippen molar-refractivity contribution in [3.63, 3.8) is 0 Å². The Kier molecular flexibility index (Phi) is 4.47. The molecule has 0 saturated heterocycles. The summed E-state index contributed by atoms with van der Waals surface area (Å²) in [5.41, 5.74) is 1.59. The number of para-hydroxylation sites is 1. The number of nitrogens with zero attached hydrogens (tertiary/aromatic N) is 3. The highest BCUT2D eigenvalue weighted by atomic mass is 16.6. The third-order valence-electron chi connectivity index (χ3n) is 3.22. The Morgan fingerprint density at radius 1 is 1.45 bits per heavy atom. The van der Waals surface area contributed by atoms with E-state index in [0.29, 0.717) is 24.9 Å². The summed E-state index contributed by atoms with van der Waals surface area (Å²) in [6, 6.07) is 6.71. The van der Waals surface area contributed by atoms with E-state index in [1.54, 1.807) is 35.3 Å². The van der Waals surface area contributed by atoms with Gasteiger partial charge in [0, 0.05) is 29.9 Å². The molecule has 1 atom stereocenters. The number of nitro benzene ring substituents is 1. The van der Waals surface area contributed by atoms with E-state index >= 15 is 0 Å². The molecule has 0 spiro atoms. The van der Waals surface area contributed by atoms with Crippen molar-refractivity contribution in [1.82, 2.24) is 9.78 Å². The smallest absolute Gasteiger partial charge is 0.272 e. The molecule has 0 amide bonds. The van der Waals surface area contributed by atoms with E-state index in [9.17, 15) is 15.2 Å². The molecule has 6 nitrogen and oxygen atoms in total. The van der Waals surface area contributed by atoms with Gasteiger partial charge in [-0.25, -0.2) is 0 Å². The van der Waals surface area contributed by atoms with Crippen molar-refractivity contribution in [3.05, 3.63) is 57.9 Å². The Bertz CT molecular complexity index is 595. The van der Waals surface area contributed by atoms with Crippen LogP contribution in [-0.2, 0) is 13.0 Å². The lowest BCUT2D eigenvalue weighted by Crippen LogP contribution is -2.04. The van der Waals surface area contributed by atoms with Crippen molar-refractivity contribution in [3.8, 4) is 0 Å². The zero-order valence-electron chi connectivity index (χ0n) is 11.3. The molecular weight excluding hydrogens is 258 g/mol. The van der Waals surface area contributed by atoms with Gasteiger partial charge in [0.05, 0.1) is 17.2 Å². The molecule has 0 radical (unpaired) electrons. The number of hydrogen-bond donors (Lipinski definition) is 1. The van der Waals surface area contributed by atoms with Crippen LogP contribution in [0.1, 0.15) is 30.6 Å². The van der Waals surface area contributed by atoms with Crippen LogP contribution in [0.3, 0.4) is 0 Å². The van der Waals surface area contributed by atoms with E-state index < -0.39 is 6.10 Å². The Morgan fingerprint density at radius 3 is 2.90 bits per heavy atom. The highest BCUT2D eigenvalue weighted by molar-refractivity contribution is 5.39. The molecule has 0 saturated carbocycles. The lowest BCUT2D eigenvalue weighted by molar-refractivity contribution is -0.385. The molecule has 2 rings (SSSR count). The maximum atomic E-state index is 10.9. The van der Waals surface area contributed by atoms with Gasteiger partial charge in [-0.2, -0.15) is 5.10 Å². The summed E-state index contributed by atoms with van der Waals surface area (Å²) >= 11 is 0. The Balaban J connectivity index is 2.06. The highest BCUT2D eigenvalue weighted by Gasteiger charge is 2.12. The summed E-state index contributed by atoms with van der Waals surface area (Å²) in [5.74, 6) is 0. The standard InChI is InChI=1S/C14H17N3O3/c1-2-14(18)12-9-15-16(10-12)8-7-11-5-3-4-6-13(11)17(19)20/h3-6,9-10,14,18H,2,7-8H2,1H3. The van der Waals surface area contributed by atoms with Gasteiger partial charge in [0.1, 0.15) is 0 Å². The van der Waals surface area contributed by atoms with Crippen LogP contribution in [0.25, 0.3) is 0 Å². The van der Waals surface area contributed by atoms with Crippen LogP contribution in [0.4, 0.5) is 5.69 Å². The summed E-state index contributed by atoms with van der Waals surface area (Å²) in [4.78, 5) is 10.5. The van der Waals surface area contributed by atoms with Crippen molar-refractivity contribution in [2.45, 2.75) is 32.4 Å². The maximum absolute atomic E-state index is 10.9. The first-order valence-electron chi connectivity index (χ1n) is 6.54. The second-order valence-corrected chi connectivity index (χ2v) is 4.60. The SMILES string of the molecule is CCC(O)c1cnn(CCc2ccccc2[N+](=O)[O-])c1. The largest absolute Gasteiger partial charge is 0.388 e. The third-order valence-corrected chi connectivity index (χ3v) is 3.22. The van der Waals surface area contributed by atoms with E-state index in [0.717, 1.165) is 5.56 Å². The maximum Gasteiger partial charge on any atom is 0.272 e. The van der Waals surface area contributed by atoms with Gasteiger partial charge in [-0.1, -0.05) is 25.1 Å². The first-order chi connectivity index (χ1) is 9.61. The predicted octanol–water partition coefficient (Wildman–Crippen LogP) is 2.48. The molecule has 0 fully saturated rings. The fourth-order valence-corrected chi connectivity index (χ4v) is 2.04. The van der Waals surface area contributed by atoms with E-state index in [1.807, 2.05) is 6.92 Å². The first kappa shape index (κ1) is 14.2. The number of aromatic nitrogens is 2. The molecule has 1 aromatic carbocycles. The third kappa shape index (κ3) is 3.21. The monoisotopic (exact) mass is 275 g/mol. The Labute approximate surface area is 116 Å². The second-order valence-electron chi connectivity index (χ2n) is 4.60. The number of benzene rings is 1. The van der Waals surface area contributed by atoms with Crippen molar-refractivity contribution in [2.24, 2.45) is 0 Å². The summed E-state index contributed by atoms with van der Waals surface area (Å²) in [7, 11) is 0. The summed E-state index contributed by atoms with van der Waals surface area (Å²) in [6.45, 7) is 2.44. The second kappa shape index (κ2) is 6.29. The lowest BCUT2D eigenvalue weighted by atomic mass is 10.1. The molecule has 6 heteroatoms. The average Bonchev–Trinajstić information content (AvgIpc) is 2.93. The normalized spacial score (nSPS) is 12.3. The van der Waals surface area contributed by atoms with Gasteiger partial charge in [0.2, 0.25) is 0 Å². The van der Waals surface area contributed by atoms with Crippen molar-refractivity contribution < 1.29 is 10.0 Å². The van der Waals surface area contributed by atoms with Crippen molar-refractivity contribution in [1.29, 1.82) is 0 Å². The minimum atomic E-state index is -0.505. The van der Waals surface area contributed by atoms with E-state index in [1.165, 1.54) is 6.07 Å². The predicted molar refractivity (Wildman–Crippen MR) is 74.3 cm³/mol. The molecule has 0 aliphatic carbocycles. The Hall–Kier alpha value is -2.21. The molecule has 20 heavy (non-hydrogen) atoms. The molecule has 2 aromatic rings. The zero-order chi connectivity index (χ0) is 14.5. The van der Waals surface area contributed by atoms with Crippen molar-refractivity contribution in [2.75, 3.05) is 0 Å². The quantitative estimate of drug-likeness (QED) is 0.648. The van der Waals surface area contributed by atoms with Gasteiger partial charge in [-0.05, 0) is 12.8 Å². The molecule has 1 unspecified atom stereocenters. The van der Waals surface area contributed by atoms with Gasteiger partial charge < -0.3 is 5.11 Å². The number of aliphatic hydroxyl groups excluding tert-OH is 1. The molecule has 106 valence electrons. The van der Waals surface area contributed by atoms with E-state index in [-0.39, 0.29) is 10.6 Å². The number of aryl methyl sites for hydroxylation is 2. The van der Waals surface area contributed by atoms with Gasteiger partial charge in [-0.3, -0.25) is 14.8 Å². The van der Waals surface area contributed by atoms with E-state index in [4.69, 9.17) is 0 Å². The van der Waals surface area contributed by atoms with Gasteiger partial charge in [0.15, 0.2) is 0 Å². The molecule has 0 bridgehead atoms. The van der Waals surface area contributed by atoms with Crippen molar-refractivity contribution >= 4 is 5.69 Å². The summed E-state index contributed by atoms with van der Waals surface area (Å²) in [5, 5.41) is 24.8. The molecular formula is C14H17N3O3. The van der Waals surface area contributed by atoms with Crippen LogP contribution < -0.4 is 0 Å². The van der Waals surface area contributed by atoms with Crippen LogP contribution in [-0.4, -0.2) is 19.8 Å². The molecule has 1 heterocycles. The number of nitro groups is 1. The number of hydrogen-bond acceptors (Lipinski definition) is 4. The molecule has 0 aliphatic rings. The van der Waals surface area contributed by atoms with Crippen LogP contribution in [0.5, 0.6) is 0 Å². The fraction of sp³-hybridized carbons (Fsp3) is 0.357. The van der Waals surface area contributed by atoms with Gasteiger partial charge in [-0.15, -0.1) is 0 Å². The fourth-order valence-electron chi connectivity index (χ4n) is 2.04. The summed E-state index contributed by atoms with van der Waals surface area (Å²) in [6.07, 6.45) is 4.07. The zero-order valence-corrected chi connectivity index (χ0v) is 11.3. The molecule has 0 aliphatic heterocycles. The van der Waals surface area contributed by atoms with Crippen LogP contribution in [0.15, 0.2) is 36.7 Å². The van der Waals surface area contributed by atoms with Crippen LogP contribution in [0.2, 0.25) is 0 Å². The Morgan fingerprint density at radius 2 is 2.20 bits per heavy atom. The van der Waals surface area contributed by atoms with Gasteiger partial charge in [0.25, 0.3) is 5.69 Å². The molecule has 1 N–H and O–H groups in total. The highest BCUT2D eigenvalue weighted by Crippen LogP contribution is 2.19. The minimum absolute atomic E-state index is 0.133. The lowest BCUT2D eigenvalue weighted by Gasteiger charge is -2.04. The minimum Gasteiger partial charge on any atom is -0.388 e. The topological polar surface area (TPSA) is 81.2 Å². The number of aliphatic hydroxyl groups is 1. The summed E-state index contributed by atoms with van der Waals surface area (Å²) < 4.78 is 1.70. The molecule has 1 aromatic heterocycles.